The molecule has 1 fully saturated rings. The van der Waals surface area contributed by atoms with E-state index in [1.807, 2.05) is 0 Å². The largest absolute Gasteiger partial charge is 0.380 e. The molecular weight excluding hydrogens is 164 g/mol. The van der Waals surface area contributed by atoms with E-state index >= 15 is 0 Å². The van der Waals surface area contributed by atoms with Gasteiger partial charge in [0.2, 0.25) is 0 Å². The molecule has 0 amide bonds. The van der Waals surface area contributed by atoms with Gasteiger partial charge in [-0.25, -0.2) is 8.78 Å². The second kappa shape index (κ2) is 2.92. The van der Waals surface area contributed by atoms with Crippen LogP contribution in [0.4, 0.5) is 8.78 Å². The first-order chi connectivity index (χ1) is 5.44. The van der Waals surface area contributed by atoms with E-state index in [0.717, 1.165) is 0 Å². The van der Waals surface area contributed by atoms with Crippen LogP contribution >= 0.6 is 0 Å². The van der Waals surface area contributed by atoms with Crippen LogP contribution in [0.1, 0.15) is 13.8 Å². The molecule has 2 N–H and O–H groups in total. The summed E-state index contributed by atoms with van der Waals surface area (Å²) in [7, 11) is 0. The highest BCUT2D eigenvalue weighted by Gasteiger charge is 2.74. The van der Waals surface area contributed by atoms with Gasteiger partial charge in [-0.3, -0.25) is 0 Å². The number of hydrogen-bond donors (Lipinski definition) is 1. The molecule has 1 rings (SSSR count). The van der Waals surface area contributed by atoms with E-state index in [4.69, 9.17) is 10.5 Å². The van der Waals surface area contributed by atoms with Gasteiger partial charge < -0.3 is 10.5 Å². The molecule has 1 aliphatic carbocycles. The monoisotopic (exact) mass is 179 g/mol. The number of hydrogen-bond acceptors (Lipinski definition) is 2. The Labute approximate surface area is 71.1 Å². The molecule has 0 aliphatic heterocycles. The lowest BCUT2D eigenvalue weighted by Gasteiger charge is -2.00. The molecule has 0 spiro atoms. The molecular formula is C8H15F2NO. The highest BCUT2D eigenvalue weighted by Crippen LogP contribution is 2.65. The van der Waals surface area contributed by atoms with E-state index in [1.54, 1.807) is 13.8 Å². The molecule has 0 radical (unpaired) electrons. The maximum atomic E-state index is 12.9. The Hall–Kier alpha value is -0.220. The molecule has 1 atom stereocenters. The van der Waals surface area contributed by atoms with Crippen molar-refractivity contribution >= 4 is 0 Å². The van der Waals surface area contributed by atoms with Crippen molar-refractivity contribution in [2.24, 2.45) is 17.1 Å². The maximum absolute atomic E-state index is 12.9. The van der Waals surface area contributed by atoms with Gasteiger partial charge in [0.1, 0.15) is 0 Å². The number of ether oxygens (including phenoxy) is 1. The first-order valence-corrected chi connectivity index (χ1v) is 4.10. The lowest BCUT2D eigenvalue weighted by atomic mass is 10.1. The summed E-state index contributed by atoms with van der Waals surface area (Å²) >= 11 is 0. The Morgan fingerprint density at radius 1 is 1.42 bits per heavy atom. The summed E-state index contributed by atoms with van der Waals surface area (Å²) in [5, 5.41) is 0. The highest BCUT2D eigenvalue weighted by atomic mass is 19.3. The topological polar surface area (TPSA) is 35.2 Å². The molecule has 4 heteroatoms. The van der Waals surface area contributed by atoms with Gasteiger partial charge in [-0.05, 0) is 0 Å². The highest BCUT2D eigenvalue weighted by molar-refractivity contribution is 5.12. The smallest absolute Gasteiger partial charge is 0.259 e. The lowest BCUT2D eigenvalue weighted by molar-refractivity contribution is 0.0464. The molecule has 0 heterocycles. The van der Waals surface area contributed by atoms with Crippen LogP contribution in [0.3, 0.4) is 0 Å². The third-order valence-electron chi connectivity index (χ3n) is 2.63. The van der Waals surface area contributed by atoms with Crippen molar-refractivity contribution in [3.8, 4) is 0 Å². The molecule has 72 valence electrons. The van der Waals surface area contributed by atoms with Crippen LogP contribution in [0.25, 0.3) is 0 Å². The first kappa shape index (κ1) is 9.86. The Kier molecular flexibility index (Phi) is 2.40. The van der Waals surface area contributed by atoms with E-state index < -0.39 is 17.3 Å². The van der Waals surface area contributed by atoms with Gasteiger partial charge in [0, 0.05) is 12.0 Å². The first-order valence-electron chi connectivity index (χ1n) is 4.10. The number of nitrogens with two attached hydrogens (primary N) is 1. The van der Waals surface area contributed by atoms with Crippen LogP contribution in [0.2, 0.25) is 0 Å². The fraction of sp³-hybridized carbons (Fsp3) is 1.00. The summed E-state index contributed by atoms with van der Waals surface area (Å²) < 4.78 is 30.8. The molecule has 0 aromatic heterocycles. The Balaban J connectivity index is 2.29. The van der Waals surface area contributed by atoms with Gasteiger partial charge in [-0.2, -0.15) is 0 Å². The molecule has 0 saturated heterocycles. The van der Waals surface area contributed by atoms with Crippen LogP contribution in [0.15, 0.2) is 0 Å². The van der Waals surface area contributed by atoms with Gasteiger partial charge in [-0.15, -0.1) is 0 Å². The lowest BCUT2D eigenvalue weighted by Crippen LogP contribution is -2.11. The fourth-order valence-electron chi connectivity index (χ4n) is 1.35. The summed E-state index contributed by atoms with van der Waals surface area (Å²) in [4.78, 5) is 0. The van der Waals surface area contributed by atoms with Crippen LogP contribution < -0.4 is 5.73 Å². The molecule has 0 bridgehead atoms. The van der Waals surface area contributed by atoms with Crippen molar-refractivity contribution in [3.63, 3.8) is 0 Å². The van der Waals surface area contributed by atoms with Crippen molar-refractivity contribution in [2.45, 2.75) is 19.8 Å². The van der Waals surface area contributed by atoms with Gasteiger partial charge in [-0.1, -0.05) is 13.8 Å². The van der Waals surface area contributed by atoms with Gasteiger partial charge in [0.25, 0.3) is 5.92 Å². The van der Waals surface area contributed by atoms with Gasteiger partial charge in [0.05, 0.1) is 19.1 Å². The predicted octanol–water partition coefficient (Wildman–Crippen LogP) is 1.25. The standard InChI is InChI=1S/C8H15F2NO/c1-7(2)6(8(7,9)10)5-12-4-3-11/h6H,3-5,11H2,1-2H3. The fourth-order valence-corrected chi connectivity index (χ4v) is 1.35. The van der Waals surface area contributed by atoms with Crippen LogP contribution in [-0.4, -0.2) is 25.7 Å². The second-order valence-electron chi connectivity index (χ2n) is 3.76. The van der Waals surface area contributed by atoms with Crippen molar-refractivity contribution in [3.05, 3.63) is 0 Å². The molecule has 1 unspecified atom stereocenters. The van der Waals surface area contributed by atoms with Gasteiger partial charge in [0.15, 0.2) is 0 Å². The number of rotatable bonds is 4. The van der Waals surface area contributed by atoms with E-state index in [-0.39, 0.29) is 6.61 Å². The SMILES string of the molecule is CC1(C)C(COCCN)C1(F)F. The summed E-state index contributed by atoms with van der Waals surface area (Å²) in [6.07, 6.45) is 0. The molecule has 1 aliphatic rings. The summed E-state index contributed by atoms with van der Waals surface area (Å²) in [6.45, 7) is 3.99. The van der Waals surface area contributed by atoms with E-state index in [0.29, 0.717) is 13.2 Å². The van der Waals surface area contributed by atoms with E-state index in [2.05, 4.69) is 0 Å². The average molecular weight is 179 g/mol. The van der Waals surface area contributed by atoms with Gasteiger partial charge >= 0.3 is 0 Å². The van der Waals surface area contributed by atoms with Crippen LogP contribution in [0.5, 0.6) is 0 Å². The van der Waals surface area contributed by atoms with E-state index in [9.17, 15) is 8.78 Å². The third kappa shape index (κ3) is 1.33. The van der Waals surface area contributed by atoms with Crippen molar-refractivity contribution in [1.29, 1.82) is 0 Å². The zero-order valence-electron chi connectivity index (χ0n) is 7.44. The van der Waals surface area contributed by atoms with Crippen LogP contribution in [-0.2, 0) is 4.74 Å². The number of halogens is 2. The zero-order valence-corrected chi connectivity index (χ0v) is 7.44. The Morgan fingerprint density at radius 3 is 2.25 bits per heavy atom. The maximum Gasteiger partial charge on any atom is 0.259 e. The minimum atomic E-state index is -2.55. The second-order valence-corrected chi connectivity index (χ2v) is 3.76. The molecule has 0 aromatic rings. The van der Waals surface area contributed by atoms with Crippen molar-refractivity contribution in [2.75, 3.05) is 19.8 Å². The van der Waals surface area contributed by atoms with Crippen LogP contribution in [0, 0.1) is 11.3 Å². The number of alkyl halides is 2. The molecule has 12 heavy (non-hydrogen) atoms. The third-order valence-corrected chi connectivity index (χ3v) is 2.63. The minimum Gasteiger partial charge on any atom is -0.380 e. The predicted molar refractivity (Wildman–Crippen MR) is 42.1 cm³/mol. The Morgan fingerprint density at radius 2 is 1.92 bits per heavy atom. The molecule has 2 nitrogen and oxygen atoms in total. The Bertz CT molecular complexity index is 156. The summed E-state index contributed by atoms with van der Waals surface area (Å²) in [6, 6.07) is 0. The minimum absolute atomic E-state index is 0.122. The normalized spacial score (nSPS) is 30.2. The van der Waals surface area contributed by atoms with Crippen molar-refractivity contribution < 1.29 is 13.5 Å². The molecule has 0 aromatic carbocycles. The van der Waals surface area contributed by atoms with E-state index in [1.165, 1.54) is 0 Å². The average Bonchev–Trinajstić information content (AvgIpc) is 2.32. The summed E-state index contributed by atoms with van der Waals surface area (Å²) in [5.74, 6) is -3.18. The molecule has 1 saturated carbocycles. The zero-order chi connectivity index (χ0) is 9.41. The summed E-state index contributed by atoms with van der Waals surface area (Å²) in [5.41, 5.74) is 4.27. The quantitative estimate of drug-likeness (QED) is 0.659. The van der Waals surface area contributed by atoms with Crippen molar-refractivity contribution in [1.82, 2.24) is 0 Å².